The second kappa shape index (κ2) is 11.0. The average molecular weight is 592 g/mol. The Balaban J connectivity index is 1.45. The normalized spacial score (nSPS) is 19.5. The van der Waals surface area contributed by atoms with E-state index in [9.17, 15) is 19.0 Å². The zero-order valence-electron chi connectivity index (χ0n) is 24.4. The van der Waals surface area contributed by atoms with Crippen LogP contribution in [-0.4, -0.2) is 57.1 Å². The molecule has 0 bridgehead atoms. The van der Waals surface area contributed by atoms with Crippen LogP contribution in [-0.2, 0) is 31.2 Å². The van der Waals surface area contributed by atoms with Gasteiger partial charge in [0.05, 0.1) is 18.5 Å². The topological polar surface area (TPSA) is 134 Å². The van der Waals surface area contributed by atoms with E-state index in [1.165, 1.54) is 11.1 Å². The summed E-state index contributed by atoms with van der Waals surface area (Å²) in [5, 5.41) is 18.5. The second-order valence-electron chi connectivity index (χ2n) is 11.5. The van der Waals surface area contributed by atoms with Gasteiger partial charge in [-0.2, -0.15) is 4.31 Å². The highest BCUT2D eigenvalue weighted by atomic mass is 32.3. The largest absolute Gasteiger partial charge is 0.481 e. The van der Waals surface area contributed by atoms with Crippen molar-refractivity contribution in [1.82, 2.24) is 24.3 Å². The van der Waals surface area contributed by atoms with E-state index in [0.29, 0.717) is 24.4 Å². The number of hydrogen-bond donors (Lipinski definition) is 3. The number of carboxylic acids is 1. The number of aryl methyl sites for hydroxylation is 4. The Bertz CT molecular complexity index is 1690. The molecule has 4 aromatic rings. The summed E-state index contributed by atoms with van der Waals surface area (Å²) in [5.41, 5.74) is 8.61. The van der Waals surface area contributed by atoms with Gasteiger partial charge in [-0.15, -0.1) is 15.9 Å². The minimum Gasteiger partial charge on any atom is -0.481 e. The van der Waals surface area contributed by atoms with E-state index in [2.05, 4.69) is 27.4 Å². The van der Waals surface area contributed by atoms with Gasteiger partial charge in [0.2, 0.25) is 5.88 Å². The number of carbonyl (C=O) groups is 1. The number of nitrogens with zero attached hydrogens (tertiary/aromatic N) is 5. The predicted molar refractivity (Wildman–Crippen MR) is 161 cm³/mol. The number of aliphatic carboxylic acids is 1. The molecule has 0 radical (unpaired) electrons. The molecule has 2 aromatic heterocycles. The number of fused-ring (bicyclic) bond motifs is 3. The van der Waals surface area contributed by atoms with E-state index >= 15 is 0 Å². The molecule has 2 aliphatic rings. The predicted octanol–water partition coefficient (Wildman–Crippen LogP) is 5.77. The Morgan fingerprint density at radius 1 is 1.19 bits per heavy atom. The maximum atomic E-state index is 12.2. The summed E-state index contributed by atoms with van der Waals surface area (Å²) in [7, 11) is -1.56. The van der Waals surface area contributed by atoms with Crippen molar-refractivity contribution in [1.29, 1.82) is 0 Å². The van der Waals surface area contributed by atoms with E-state index in [1.807, 2.05) is 40.0 Å². The number of aromatic nitrogens is 4. The summed E-state index contributed by atoms with van der Waals surface area (Å²) in [6.45, 7) is 6.48. The fourth-order valence-electron chi connectivity index (χ4n) is 6.41. The molecule has 6 rings (SSSR count). The van der Waals surface area contributed by atoms with E-state index in [4.69, 9.17) is 4.74 Å². The van der Waals surface area contributed by atoms with Crippen molar-refractivity contribution < 1.29 is 23.7 Å². The first-order chi connectivity index (χ1) is 20.1. The molecule has 1 aliphatic heterocycles. The molecular formula is C31H37N5O5S. The fourth-order valence-corrected chi connectivity index (χ4v) is 8.06. The molecule has 42 heavy (non-hydrogen) atoms. The standard InChI is InChI=1S/C31H37N5O5S/c1-5-23-17-36(42(39,40)28-11-18(2)15-32-31(28)41-23)16-22-13-21(12-20-7-6-8-25(20)22)26(14-29(37)38)24-9-10-27-30(19(24)3)33-34-35(27)4/h9-13,15,23,26,39-40H,5-8,14,16-17H2,1-4H3,(H,37,38)/t23-,26-/m1/s1. The molecule has 2 atom stereocenters. The van der Waals surface area contributed by atoms with Crippen LogP contribution in [0.15, 0.2) is 41.4 Å². The van der Waals surface area contributed by atoms with Crippen LogP contribution in [0.5, 0.6) is 5.88 Å². The Hall–Kier alpha value is -3.51. The molecule has 3 N–H and O–H groups in total. The highest BCUT2D eigenvalue weighted by Crippen LogP contribution is 2.57. The van der Waals surface area contributed by atoms with Crippen molar-refractivity contribution in [2.75, 3.05) is 6.54 Å². The quantitative estimate of drug-likeness (QED) is 0.245. The van der Waals surface area contributed by atoms with Gasteiger partial charge >= 0.3 is 5.97 Å². The van der Waals surface area contributed by atoms with E-state index in [1.54, 1.807) is 21.3 Å². The lowest BCUT2D eigenvalue weighted by Gasteiger charge is -2.42. The monoisotopic (exact) mass is 591 g/mol. The SMILES string of the molecule is CC[C@@H]1CN(Cc2cc([C@@H](CC(=O)O)c3ccc4c(nnn4C)c3C)cc3c2CCC3)S(O)(O)c2cc(C)cnc2O1. The molecule has 3 heterocycles. The van der Waals surface area contributed by atoms with Crippen molar-refractivity contribution in [2.24, 2.45) is 7.05 Å². The minimum atomic E-state index is -3.40. The number of carboxylic acid groups (broad SMARTS) is 1. The van der Waals surface area contributed by atoms with Crippen molar-refractivity contribution in [3.8, 4) is 5.88 Å². The number of benzene rings is 2. The Kier molecular flexibility index (Phi) is 7.46. The molecule has 0 amide bonds. The van der Waals surface area contributed by atoms with Crippen LogP contribution in [0.2, 0.25) is 0 Å². The van der Waals surface area contributed by atoms with E-state index in [0.717, 1.165) is 58.1 Å². The minimum absolute atomic E-state index is 0.0756. The van der Waals surface area contributed by atoms with Crippen LogP contribution in [0.25, 0.3) is 11.0 Å². The zero-order valence-corrected chi connectivity index (χ0v) is 25.2. The molecule has 1 aliphatic carbocycles. The van der Waals surface area contributed by atoms with Crippen LogP contribution >= 0.6 is 10.8 Å². The molecule has 2 aromatic carbocycles. The van der Waals surface area contributed by atoms with Crippen LogP contribution in [0.1, 0.15) is 71.0 Å². The molecule has 11 heteroatoms. The maximum absolute atomic E-state index is 12.2. The first-order valence-electron chi connectivity index (χ1n) is 14.4. The third-order valence-electron chi connectivity index (χ3n) is 8.66. The molecular weight excluding hydrogens is 554 g/mol. The Labute approximate surface area is 246 Å². The van der Waals surface area contributed by atoms with Gasteiger partial charge in [0.1, 0.15) is 16.5 Å². The second-order valence-corrected chi connectivity index (χ2v) is 13.5. The van der Waals surface area contributed by atoms with Gasteiger partial charge in [-0.25, -0.2) is 9.67 Å². The van der Waals surface area contributed by atoms with Gasteiger partial charge < -0.3 is 9.84 Å². The smallest absolute Gasteiger partial charge is 0.304 e. The molecule has 0 saturated carbocycles. The van der Waals surface area contributed by atoms with E-state index < -0.39 is 22.7 Å². The van der Waals surface area contributed by atoms with Crippen LogP contribution in [0.3, 0.4) is 0 Å². The summed E-state index contributed by atoms with van der Waals surface area (Å²) in [4.78, 5) is 16.9. The lowest BCUT2D eigenvalue weighted by molar-refractivity contribution is -0.137. The third-order valence-corrected chi connectivity index (χ3v) is 10.5. The summed E-state index contributed by atoms with van der Waals surface area (Å²) >= 11 is 0. The van der Waals surface area contributed by atoms with Gasteiger partial charge in [0.15, 0.2) is 0 Å². The highest BCUT2D eigenvalue weighted by molar-refractivity contribution is 8.22. The fraction of sp³-hybridized carbons (Fsp3) is 0.419. The van der Waals surface area contributed by atoms with Crippen LogP contribution in [0.4, 0.5) is 0 Å². The van der Waals surface area contributed by atoms with Crippen molar-refractivity contribution in [3.05, 3.63) is 75.5 Å². The number of pyridine rings is 1. The number of hydrogen-bond acceptors (Lipinski definition) is 8. The number of ether oxygens (including phenoxy) is 1. The third kappa shape index (κ3) is 5.04. The zero-order chi connectivity index (χ0) is 29.8. The first kappa shape index (κ1) is 28.6. The first-order valence-corrected chi connectivity index (χ1v) is 15.9. The van der Waals surface area contributed by atoms with Gasteiger partial charge in [-0.05, 0) is 90.6 Å². The Morgan fingerprint density at radius 3 is 2.76 bits per heavy atom. The molecule has 0 saturated heterocycles. The van der Waals surface area contributed by atoms with Gasteiger partial charge in [-0.3, -0.25) is 13.9 Å². The van der Waals surface area contributed by atoms with Crippen molar-refractivity contribution in [2.45, 2.75) is 76.3 Å². The maximum Gasteiger partial charge on any atom is 0.304 e. The van der Waals surface area contributed by atoms with Crippen molar-refractivity contribution in [3.63, 3.8) is 0 Å². The molecule has 0 spiro atoms. The average Bonchev–Trinajstić information content (AvgIpc) is 3.56. The van der Waals surface area contributed by atoms with Gasteiger partial charge in [0, 0.05) is 25.7 Å². The Morgan fingerprint density at radius 2 is 2.00 bits per heavy atom. The van der Waals surface area contributed by atoms with Crippen LogP contribution < -0.4 is 4.74 Å². The van der Waals surface area contributed by atoms with Crippen molar-refractivity contribution >= 4 is 27.8 Å². The summed E-state index contributed by atoms with van der Waals surface area (Å²) in [6, 6.07) is 9.92. The molecule has 10 nitrogen and oxygen atoms in total. The van der Waals surface area contributed by atoms with Gasteiger partial charge in [-0.1, -0.05) is 30.3 Å². The summed E-state index contributed by atoms with van der Waals surface area (Å²) in [6.07, 6.45) is 4.83. The highest BCUT2D eigenvalue weighted by Gasteiger charge is 2.37. The lowest BCUT2D eigenvalue weighted by atomic mass is 9.83. The lowest BCUT2D eigenvalue weighted by Crippen LogP contribution is -2.34. The van der Waals surface area contributed by atoms with E-state index in [-0.39, 0.29) is 18.4 Å². The number of rotatable bonds is 7. The molecule has 0 unspecified atom stereocenters. The summed E-state index contributed by atoms with van der Waals surface area (Å²) < 4.78 is 32.9. The van der Waals surface area contributed by atoms with Crippen LogP contribution in [0, 0.1) is 13.8 Å². The summed E-state index contributed by atoms with van der Waals surface area (Å²) in [5.74, 6) is -1.02. The molecule has 222 valence electrons. The molecule has 0 fully saturated rings. The van der Waals surface area contributed by atoms with Gasteiger partial charge in [0.25, 0.3) is 0 Å².